The third-order valence-electron chi connectivity index (χ3n) is 2.74. The van der Waals surface area contributed by atoms with Crippen LogP contribution < -0.4 is 9.47 Å². The maximum Gasteiger partial charge on any atom is 0.161 e. The van der Waals surface area contributed by atoms with Crippen LogP contribution in [0.3, 0.4) is 0 Å². The number of thiazole rings is 1. The molecule has 2 aromatic rings. The van der Waals surface area contributed by atoms with Crippen molar-refractivity contribution in [3.8, 4) is 11.5 Å². The smallest absolute Gasteiger partial charge is 0.161 e. The van der Waals surface area contributed by atoms with Crippen LogP contribution in [0.25, 0.3) is 0 Å². The van der Waals surface area contributed by atoms with Crippen molar-refractivity contribution < 1.29 is 14.6 Å². The summed E-state index contributed by atoms with van der Waals surface area (Å²) in [5, 5.41) is 10.3. The molecular formula is C13H14BrNO3S. The van der Waals surface area contributed by atoms with Gasteiger partial charge in [0, 0.05) is 22.0 Å². The first-order chi connectivity index (χ1) is 9.15. The number of aromatic nitrogens is 1. The number of halogens is 1. The molecule has 0 aliphatic rings. The van der Waals surface area contributed by atoms with Gasteiger partial charge >= 0.3 is 0 Å². The van der Waals surface area contributed by atoms with E-state index in [-0.39, 0.29) is 0 Å². The quantitative estimate of drug-likeness (QED) is 0.905. The van der Waals surface area contributed by atoms with Crippen LogP contribution in [0.1, 0.15) is 16.5 Å². The number of hydrogen-bond acceptors (Lipinski definition) is 5. The Morgan fingerprint density at radius 2 is 2.00 bits per heavy atom. The standard InChI is InChI=1S/C13H14BrNO3S/c1-17-12-4-9(10(14)5-13(12)18-2)11(16)3-8-6-15-7-19-8/h4-7,11,16H,3H2,1-2H3. The van der Waals surface area contributed by atoms with Crippen LogP contribution in [0.4, 0.5) is 0 Å². The molecule has 0 aliphatic carbocycles. The molecule has 19 heavy (non-hydrogen) atoms. The molecule has 1 heterocycles. The summed E-state index contributed by atoms with van der Waals surface area (Å²) >= 11 is 4.98. The molecule has 0 aliphatic heterocycles. The number of nitrogens with zero attached hydrogens (tertiary/aromatic N) is 1. The van der Waals surface area contributed by atoms with Gasteiger partial charge in [0.15, 0.2) is 11.5 Å². The van der Waals surface area contributed by atoms with Crippen molar-refractivity contribution in [3.05, 3.63) is 38.8 Å². The van der Waals surface area contributed by atoms with Gasteiger partial charge in [0.25, 0.3) is 0 Å². The number of methoxy groups -OCH3 is 2. The predicted molar refractivity (Wildman–Crippen MR) is 78.0 cm³/mol. The average molecular weight is 344 g/mol. The molecule has 6 heteroatoms. The third-order valence-corrected chi connectivity index (χ3v) is 4.23. The van der Waals surface area contributed by atoms with Gasteiger partial charge in [-0.05, 0) is 17.7 Å². The van der Waals surface area contributed by atoms with Gasteiger partial charge in [-0.25, -0.2) is 0 Å². The van der Waals surface area contributed by atoms with Crippen LogP contribution in [0.5, 0.6) is 11.5 Å². The molecule has 1 aromatic heterocycles. The number of aliphatic hydroxyl groups is 1. The highest BCUT2D eigenvalue weighted by atomic mass is 79.9. The maximum atomic E-state index is 10.3. The Labute approximate surface area is 124 Å². The Hall–Kier alpha value is -1.11. The van der Waals surface area contributed by atoms with E-state index < -0.39 is 6.10 Å². The Balaban J connectivity index is 2.28. The lowest BCUT2D eigenvalue weighted by Gasteiger charge is -2.15. The zero-order valence-corrected chi connectivity index (χ0v) is 13.0. The minimum Gasteiger partial charge on any atom is -0.493 e. The molecule has 0 spiro atoms. The van der Waals surface area contributed by atoms with Crippen LogP contribution in [-0.2, 0) is 6.42 Å². The molecule has 1 aromatic carbocycles. The lowest BCUT2D eigenvalue weighted by molar-refractivity contribution is 0.178. The molecule has 0 saturated carbocycles. The Bertz CT molecular complexity index is 545. The van der Waals surface area contributed by atoms with Gasteiger partial charge in [0.1, 0.15) is 0 Å². The molecular weight excluding hydrogens is 330 g/mol. The maximum absolute atomic E-state index is 10.3. The van der Waals surface area contributed by atoms with E-state index in [1.807, 2.05) is 0 Å². The van der Waals surface area contributed by atoms with E-state index in [0.717, 1.165) is 14.9 Å². The van der Waals surface area contributed by atoms with Gasteiger partial charge in [0.2, 0.25) is 0 Å². The largest absolute Gasteiger partial charge is 0.493 e. The second kappa shape index (κ2) is 6.36. The second-order valence-corrected chi connectivity index (χ2v) is 5.74. The molecule has 1 unspecified atom stereocenters. The van der Waals surface area contributed by atoms with Crippen LogP contribution in [0, 0.1) is 0 Å². The molecule has 0 radical (unpaired) electrons. The topological polar surface area (TPSA) is 51.6 Å². The van der Waals surface area contributed by atoms with Crippen LogP contribution in [0.15, 0.2) is 28.3 Å². The summed E-state index contributed by atoms with van der Waals surface area (Å²) in [6.45, 7) is 0. The highest BCUT2D eigenvalue weighted by Gasteiger charge is 2.17. The minimum atomic E-state index is -0.616. The van der Waals surface area contributed by atoms with Crippen molar-refractivity contribution in [3.63, 3.8) is 0 Å². The van der Waals surface area contributed by atoms with Crippen LogP contribution in [0.2, 0.25) is 0 Å². The van der Waals surface area contributed by atoms with E-state index in [1.54, 1.807) is 38.1 Å². The fourth-order valence-corrected chi connectivity index (χ4v) is 2.99. The average Bonchev–Trinajstić information content (AvgIpc) is 2.90. The highest BCUT2D eigenvalue weighted by Crippen LogP contribution is 2.37. The first-order valence-corrected chi connectivity index (χ1v) is 7.29. The van der Waals surface area contributed by atoms with Crippen molar-refractivity contribution in [1.82, 2.24) is 4.98 Å². The molecule has 2 rings (SSSR count). The molecule has 1 N–H and O–H groups in total. The van der Waals surface area contributed by atoms with Crippen LogP contribution >= 0.6 is 27.3 Å². The second-order valence-electron chi connectivity index (χ2n) is 3.92. The Morgan fingerprint density at radius 3 is 2.58 bits per heavy atom. The van der Waals surface area contributed by atoms with Gasteiger partial charge in [-0.2, -0.15) is 0 Å². The van der Waals surface area contributed by atoms with Gasteiger partial charge in [-0.15, -0.1) is 11.3 Å². The molecule has 102 valence electrons. The zero-order chi connectivity index (χ0) is 13.8. The molecule has 1 atom stereocenters. The van der Waals surface area contributed by atoms with E-state index in [1.165, 1.54) is 11.3 Å². The minimum absolute atomic E-state index is 0.527. The monoisotopic (exact) mass is 343 g/mol. The van der Waals surface area contributed by atoms with E-state index >= 15 is 0 Å². The summed E-state index contributed by atoms with van der Waals surface area (Å²) in [4.78, 5) is 5.04. The van der Waals surface area contributed by atoms with Gasteiger partial charge in [0.05, 0.1) is 25.8 Å². The number of rotatable bonds is 5. The number of hydrogen-bond donors (Lipinski definition) is 1. The Kier molecular flexibility index (Phi) is 4.79. The van der Waals surface area contributed by atoms with E-state index in [2.05, 4.69) is 20.9 Å². The number of ether oxygens (including phenoxy) is 2. The summed E-state index contributed by atoms with van der Waals surface area (Å²) in [7, 11) is 3.16. The molecule has 0 fully saturated rings. The number of benzene rings is 1. The fourth-order valence-electron chi connectivity index (χ4n) is 1.77. The van der Waals surface area contributed by atoms with Gasteiger partial charge in [-0.3, -0.25) is 4.98 Å². The first kappa shape index (κ1) is 14.3. The summed E-state index contributed by atoms with van der Waals surface area (Å²) in [5.74, 6) is 1.23. The highest BCUT2D eigenvalue weighted by molar-refractivity contribution is 9.10. The van der Waals surface area contributed by atoms with Gasteiger partial charge < -0.3 is 14.6 Å². The first-order valence-electron chi connectivity index (χ1n) is 5.62. The van der Waals surface area contributed by atoms with Crippen molar-refractivity contribution >= 4 is 27.3 Å². The lowest BCUT2D eigenvalue weighted by Crippen LogP contribution is -2.03. The number of aliphatic hydroxyl groups excluding tert-OH is 1. The van der Waals surface area contributed by atoms with Crippen molar-refractivity contribution in [1.29, 1.82) is 0 Å². The van der Waals surface area contributed by atoms with Crippen molar-refractivity contribution in [2.75, 3.05) is 14.2 Å². The summed E-state index contributed by atoms with van der Waals surface area (Å²) in [6, 6.07) is 3.58. The van der Waals surface area contributed by atoms with E-state index in [9.17, 15) is 5.11 Å². The predicted octanol–water partition coefficient (Wildman–Crippen LogP) is 3.20. The summed E-state index contributed by atoms with van der Waals surface area (Å²) in [5.41, 5.74) is 2.53. The SMILES string of the molecule is COc1cc(Br)c(C(O)Cc2cncs2)cc1OC. The van der Waals surface area contributed by atoms with E-state index in [4.69, 9.17) is 9.47 Å². The van der Waals surface area contributed by atoms with Crippen molar-refractivity contribution in [2.45, 2.75) is 12.5 Å². The fraction of sp³-hybridized carbons (Fsp3) is 0.308. The molecule has 0 saturated heterocycles. The van der Waals surface area contributed by atoms with Crippen molar-refractivity contribution in [2.24, 2.45) is 0 Å². The third kappa shape index (κ3) is 3.26. The zero-order valence-electron chi connectivity index (χ0n) is 10.6. The lowest BCUT2D eigenvalue weighted by atomic mass is 10.1. The summed E-state index contributed by atoms with van der Waals surface area (Å²) < 4.78 is 11.3. The van der Waals surface area contributed by atoms with E-state index in [0.29, 0.717) is 17.9 Å². The molecule has 0 bridgehead atoms. The van der Waals surface area contributed by atoms with Gasteiger partial charge in [-0.1, -0.05) is 15.9 Å². The molecule has 0 amide bonds. The normalized spacial score (nSPS) is 12.2. The molecule has 4 nitrogen and oxygen atoms in total. The Morgan fingerprint density at radius 1 is 1.32 bits per heavy atom. The summed E-state index contributed by atoms with van der Waals surface area (Å²) in [6.07, 6.45) is 1.68. The van der Waals surface area contributed by atoms with Crippen LogP contribution in [-0.4, -0.2) is 24.3 Å².